The molecule has 0 bridgehead atoms. The van der Waals surface area contributed by atoms with E-state index >= 15 is 0 Å². The van der Waals surface area contributed by atoms with Gasteiger partial charge in [0.25, 0.3) is 0 Å². The molecule has 3 rings (SSSR count). The van der Waals surface area contributed by atoms with Gasteiger partial charge in [0, 0.05) is 29.6 Å². The molecule has 4 heteroatoms. The standard InChI is InChI=1S/C20H19FN2O/c1-2-12-22-19(24)11-9-16-17-13-15(21)8-10-18(17)23-20(16)14-6-4-3-5-7-14/h2-8,10,13,23H,1,9,11-12H2,(H,22,24). The van der Waals surface area contributed by atoms with E-state index in [0.717, 1.165) is 27.7 Å². The molecular formula is C20H19FN2O. The predicted molar refractivity (Wildman–Crippen MR) is 95.2 cm³/mol. The van der Waals surface area contributed by atoms with Crippen molar-refractivity contribution in [2.24, 2.45) is 0 Å². The highest BCUT2D eigenvalue weighted by atomic mass is 19.1. The highest BCUT2D eigenvalue weighted by Gasteiger charge is 2.15. The van der Waals surface area contributed by atoms with Crippen molar-refractivity contribution in [1.82, 2.24) is 10.3 Å². The van der Waals surface area contributed by atoms with E-state index in [0.29, 0.717) is 19.4 Å². The zero-order valence-electron chi connectivity index (χ0n) is 13.3. The molecule has 2 N–H and O–H groups in total. The molecule has 2 aromatic carbocycles. The van der Waals surface area contributed by atoms with E-state index in [9.17, 15) is 9.18 Å². The Labute approximate surface area is 140 Å². The Morgan fingerprint density at radius 1 is 1.21 bits per heavy atom. The van der Waals surface area contributed by atoms with Crippen molar-refractivity contribution < 1.29 is 9.18 Å². The van der Waals surface area contributed by atoms with Gasteiger partial charge < -0.3 is 10.3 Å². The Morgan fingerprint density at radius 3 is 2.75 bits per heavy atom. The van der Waals surface area contributed by atoms with Crippen molar-refractivity contribution in [1.29, 1.82) is 0 Å². The first-order valence-electron chi connectivity index (χ1n) is 7.92. The minimum absolute atomic E-state index is 0.0420. The second kappa shape index (κ2) is 7.13. The minimum atomic E-state index is -0.279. The van der Waals surface area contributed by atoms with Gasteiger partial charge in [0.1, 0.15) is 5.82 Å². The van der Waals surface area contributed by atoms with Crippen LogP contribution in [0.5, 0.6) is 0 Å². The molecule has 1 heterocycles. The molecular weight excluding hydrogens is 303 g/mol. The van der Waals surface area contributed by atoms with E-state index in [1.54, 1.807) is 12.1 Å². The van der Waals surface area contributed by atoms with Gasteiger partial charge in [-0.15, -0.1) is 6.58 Å². The lowest BCUT2D eigenvalue weighted by atomic mass is 10.0. The van der Waals surface area contributed by atoms with E-state index in [-0.39, 0.29) is 11.7 Å². The van der Waals surface area contributed by atoms with Crippen LogP contribution in [0.25, 0.3) is 22.2 Å². The van der Waals surface area contributed by atoms with Crippen LogP contribution in [0.3, 0.4) is 0 Å². The summed E-state index contributed by atoms with van der Waals surface area (Å²) in [4.78, 5) is 15.3. The third kappa shape index (κ3) is 3.38. The van der Waals surface area contributed by atoms with Crippen LogP contribution in [0, 0.1) is 5.82 Å². The van der Waals surface area contributed by atoms with Crippen molar-refractivity contribution in [3.8, 4) is 11.3 Å². The largest absolute Gasteiger partial charge is 0.354 e. The van der Waals surface area contributed by atoms with Gasteiger partial charge in [-0.3, -0.25) is 4.79 Å². The van der Waals surface area contributed by atoms with E-state index in [2.05, 4.69) is 16.9 Å². The van der Waals surface area contributed by atoms with Gasteiger partial charge in [0.2, 0.25) is 5.91 Å². The van der Waals surface area contributed by atoms with Crippen LogP contribution in [0.4, 0.5) is 4.39 Å². The quantitative estimate of drug-likeness (QED) is 0.656. The fraction of sp³-hybridized carbons (Fsp3) is 0.150. The maximum Gasteiger partial charge on any atom is 0.220 e. The molecule has 122 valence electrons. The topological polar surface area (TPSA) is 44.9 Å². The van der Waals surface area contributed by atoms with Gasteiger partial charge in [-0.1, -0.05) is 36.4 Å². The predicted octanol–water partition coefficient (Wildman–Crippen LogP) is 4.21. The van der Waals surface area contributed by atoms with Gasteiger partial charge in [0.05, 0.1) is 0 Å². The number of nitrogens with one attached hydrogen (secondary N) is 2. The number of aryl methyl sites for hydroxylation is 1. The third-order valence-corrected chi connectivity index (χ3v) is 3.98. The Balaban J connectivity index is 1.98. The highest BCUT2D eigenvalue weighted by molar-refractivity contribution is 5.91. The molecule has 0 unspecified atom stereocenters. The van der Waals surface area contributed by atoms with Crippen molar-refractivity contribution in [3.63, 3.8) is 0 Å². The fourth-order valence-corrected chi connectivity index (χ4v) is 2.84. The molecule has 0 aliphatic carbocycles. The number of hydrogen-bond donors (Lipinski definition) is 2. The molecule has 1 amide bonds. The lowest BCUT2D eigenvalue weighted by Gasteiger charge is -2.06. The highest BCUT2D eigenvalue weighted by Crippen LogP contribution is 2.31. The van der Waals surface area contributed by atoms with Crippen molar-refractivity contribution in [2.75, 3.05) is 6.54 Å². The van der Waals surface area contributed by atoms with E-state index in [4.69, 9.17) is 0 Å². The molecule has 0 aliphatic rings. The minimum Gasteiger partial charge on any atom is -0.354 e. The van der Waals surface area contributed by atoms with Gasteiger partial charge in [0.15, 0.2) is 0 Å². The van der Waals surface area contributed by atoms with Crippen LogP contribution in [0.2, 0.25) is 0 Å². The van der Waals surface area contributed by atoms with E-state index in [1.807, 2.05) is 30.3 Å². The molecule has 24 heavy (non-hydrogen) atoms. The Kier molecular flexibility index (Phi) is 4.75. The average molecular weight is 322 g/mol. The normalized spacial score (nSPS) is 10.7. The number of carbonyl (C=O) groups excluding carboxylic acids is 1. The van der Waals surface area contributed by atoms with Gasteiger partial charge in [-0.05, 0) is 35.7 Å². The smallest absolute Gasteiger partial charge is 0.220 e. The molecule has 0 aliphatic heterocycles. The van der Waals surface area contributed by atoms with Crippen LogP contribution < -0.4 is 5.32 Å². The van der Waals surface area contributed by atoms with Crippen LogP contribution in [0.15, 0.2) is 61.2 Å². The Hall–Kier alpha value is -2.88. The van der Waals surface area contributed by atoms with Crippen LogP contribution >= 0.6 is 0 Å². The molecule has 0 spiro atoms. The number of rotatable bonds is 6. The van der Waals surface area contributed by atoms with Gasteiger partial charge in [-0.25, -0.2) is 4.39 Å². The number of halogens is 1. The lowest BCUT2D eigenvalue weighted by molar-refractivity contribution is -0.120. The number of fused-ring (bicyclic) bond motifs is 1. The van der Waals surface area contributed by atoms with Gasteiger partial charge >= 0.3 is 0 Å². The number of amides is 1. The first kappa shape index (κ1) is 16.0. The van der Waals surface area contributed by atoms with Crippen molar-refractivity contribution >= 4 is 16.8 Å². The molecule has 0 saturated carbocycles. The number of hydrogen-bond acceptors (Lipinski definition) is 1. The van der Waals surface area contributed by atoms with E-state index in [1.165, 1.54) is 12.1 Å². The van der Waals surface area contributed by atoms with Crippen LogP contribution in [-0.4, -0.2) is 17.4 Å². The molecule has 0 fully saturated rings. The summed E-state index contributed by atoms with van der Waals surface area (Å²) in [7, 11) is 0. The molecule has 3 nitrogen and oxygen atoms in total. The van der Waals surface area contributed by atoms with Crippen molar-refractivity contribution in [2.45, 2.75) is 12.8 Å². The Morgan fingerprint density at radius 2 is 2.00 bits per heavy atom. The van der Waals surface area contributed by atoms with Crippen LogP contribution in [-0.2, 0) is 11.2 Å². The fourth-order valence-electron chi connectivity index (χ4n) is 2.84. The maximum absolute atomic E-state index is 13.7. The summed E-state index contributed by atoms with van der Waals surface area (Å²) in [6.45, 7) is 4.04. The number of benzene rings is 2. The third-order valence-electron chi connectivity index (χ3n) is 3.98. The summed E-state index contributed by atoms with van der Waals surface area (Å²) in [6, 6.07) is 14.6. The molecule has 0 saturated heterocycles. The first-order chi connectivity index (χ1) is 11.7. The molecule has 3 aromatic rings. The number of carbonyl (C=O) groups is 1. The molecule has 0 atom stereocenters. The van der Waals surface area contributed by atoms with E-state index < -0.39 is 0 Å². The SMILES string of the molecule is C=CCNC(=O)CCc1c(-c2ccccc2)[nH]c2ccc(F)cc12. The first-order valence-corrected chi connectivity index (χ1v) is 7.92. The maximum atomic E-state index is 13.7. The average Bonchev–Trinajstić information content (AvgIpc) is 2.96. The Bertz CT molecular complexity index is 868. The van der Waals surface area contributed by atoms with Gasteiger partial charge in [-0.2, -0.15) is 0 Å². The van der Waals surface area contributed by atoms with Crippen molar-refractivity contribution in [3.05, 3.63) is 72.6 Å². The number of H-pyrrole nitrogens is 1. The summed E-state index contributed by atoms with van der Waals surface area (Å²) < 4.78 is 13.7. The molecule has 0 radical (unpaired) electrons. The summed E-state index contributed by atoms with van der Waals surface area (Å²) >= 11 is 0. The second-order valence-electron chi connectivity index (χ2n) is 5.63. The number of aromatic nitrogens is 1. The summed E-state index contributed by atoms with van der Waals surface area (Å²) in [6.07, 6.45) is 2.53. The molecule has 1 aromatic heterocycles. The zero-order chi connectivity index (χ0) is 16.9. The monoisotopic (exact) mass is 322 g/mol. The number of aromatic amines is 1. The lowest BCUT2D eigenvalue weighted by Crippen LogP contribution is -2.23. The second-order valence-corrected chi connectivity index (χ2v) is 5.63. The summed E-state index contributed by atoms with van der Waals surface area (Å²) in [5.41, 5.74) is 3.80. The zero-order valence-corrected chi connectivity index (χ0v) is 13.3. The summed E-state index contributed by atoms with van der Waals surface area (Å²) in [5.74, 6) is -0.321. The summed E-state index contributed by atoms with van der Waals surface area (Å²) in [5, 5.41) is 3.60. The van der Waals surface area contributed by atoms with Crippen LogP contribution in [0.1, 0.15) is 12.0 Å².